The lowest BCUT2D eigenvalue weighted by molar-refractivity contribution is 0.146. The number of nitrogens with one attached hydrogen (secondary N) is 1. The summed E-state index contributed by atoms with van der Waals surface area (Å²) >= 11 is 0. The highest BCUT2D eigenvalue weighted by molar-refractivity contribution is 4.80. The SMILES string of the molecule is CCNC(CN(C)C1CCOC1)C(C)CC. The van der Waals surface area contributed by atoms with Gasteiger partial charge in [0.05, 0.1) is 6.61 Å². The maximum atomic E-state index is 5.44. The van der Waals surface area contributed by atoms with Gasteiger partial charge in [0, 0.05) is 25.2 Å². The van der Waals surface area contributed by atoms with E-state index in [1.807, 2.05) is 0 Å². The minimum Gasteiger partial charge on any atom is -0.380 e. The first kappa shape index (κ1) is 13.9. The molecule has 1 rings (SSSR count). The lowest BCUT2D eigenvalue weighted by Gasteiger charge is -2.31. The van der Waals surface area contributed by atoms with E-state index in [1.165, 1.54) is 12.8 Å². The zero-order chi connectivity index (χ0) is 12.0. The average molecular weight is 228 g/mol. The molecule has 1 heterocycles. The van der Waals surface area contributed by atoms with Gasteiger partial charge < -0.3 is 10.1 Å². The lowest BCUT2D eigenvalue weighted by Crippen LogP contribution is -2.46. The quantitative estimate of drug-likeness (QED) is 0.718. The molecule has 3 nitrogen and oxygen atoms in total. The van der Waals surface area contributed by atoms with E-state index in [2.05, 4.69) is 38.0 Å². The Labute approximate surface area is 101 Å². The highest BCUT2D eigenvalue weighted by Crippen LogP contribution is 2.14. The van der Waals surface area contributed by atoms with Crippen LogP contribution in [0.5, 0.6) is 0 Å². The first-order valence-electron chi connectivity index (χ1n) is 6.70. The van der Waals surface area contributed by atoms with Crippen molar-refractivity contribution in [1.82, 2.24) is 10.2 Å². The Morgan fingerprint density at radius 1 is 1.44 bits per heavy atom. The van der Waals surface area contributed by atoms with Crippen molar-refractivity contribution in [2.45, 2.75) is 45.7 Å². The summed E-state index contributed by atoms with van der Waals surface area (Å²) in [5, 5.41) is 3.61. The second-order valence-corrected chi connectivity index (χ2v) is 5.01. The maximum absolute atomic E-state index is 5.44. The number of hydrogen-bond acceptors (Lipinski definition) is 3. The van der Waals surface area contributed by atoms with E-state index in [0.29, 0.717) is 12.1 Å². The van der Waals surface area contributed by atoms with Crippen LogP contribution in [0.15, 0.2) is 0 Å². The molecule has 1 saturated heterocycles. The Morgan fingerprint density at radius 3 is 2.69 bits per heavy atom. The molecule has 0 saturated carbocycles. The van der Waals surface area contributed by atoms with Crippen molar-refractivity contribution in [2.24, 2.45) is 5.92 Å². The van der Waals surface area contributed by atoms with Crippen LogP contribution < -0.4 is 5.32 Å². The number of nitrogens with zero attached hydrogens (tertiary/aromatic N) is 1. The van der Waals surface area contributed by atoms with Gasteiger partial charge in [-0.05, 0) is 25.9 Å². The normalized spacial score (nSPS) is 24.9. The highest BCUT2D eigenvalue weighted by atomic mass is 16.5. The van der Waals surface area contributed by atoms with Gasteiger partial charge in [-0.3, -0.25) is 4.90 Å². The molecule has 3 heteroatoms. The van der Waals surface area contributed by atoms with Crippen LogP contribution >= 0.6 is 0 Å². The van der Waals surface area contributed by atoms with Crippen molar-refractivity contribution in [2.75, 3.05) is 33.4 Å². The monoisotopic (exact) mass is 228 g/mol. The fourth-order valence-corrected chi connectivity index (χ4v) is 2.32. The van der Waals surface area contributed by atoms with Crippen LogP contribution in [-0.4, -0.2) is 50.3 Å². The summed E-state index contributed by atoms with van der Waals surface area (Å²) in [7, 11) is 2.23. The van der Waals surface area contributed by atoms with Crippen LogP contribution in [0, 0.1) is 5.92 Å². The molecule has 0 aromatic heterocycles. The summed E-state index contributed by atoms with van der Waals surface area (Å²) in [6.07, 6.45) is 2.43. The third kappa shape index (κ3) is 4.04. The molecule has 3 unspecified atom stereocenters. The second-order valence-electron chi connectivity index (χ2n) is 5.01. The highest BCUT2D eigenvalue weighted by Gasteiger charge is 2.24. The number of likely N-dealkylation sites (N-methyl/N-ethyl adjacent to an activating group) is 2. The number of ether oxygens (including phenoxy) is 1. The van der Waals surface area contributed by atoms with Gasteiger partial charge in [0.25, 0.3) is 0 Å². The Morgan fingerprint density at radius 2 is 2.19 bits per heavy atom. The molecule has 0 spiro atoms. The van der Waals surface area contributed by atoms with Gasteiger partial charge >= 0.3 is 0 Å². The topological polar surface area (TPSA) is 24.5 Å². The Hall–Kier alpha value is -0.120. The van der Waals surface area contributed by atoms with Crippen LogP contribution in [-0.2, 0) is 4.74 Å². The van der Waals surface area contributed by atoms with Crippen LogP contribution in [0.4, 0.5) is 0 Å². The molecule has 0 aromatic rings. The smallest absolute Gasteiger partial charge is 0.0622 e. The summed E-state index contributed by atoms with van der Waals surface area (Å²) in [4.78, 5) is 2.46. The Balaban J connectivity index is 2.39. The Kier molecular flexibility index (Phi) is 6.32. The van der Waals surface area contributed by atoms with Crippen LogP contribution in [0.3, 0.4) is 0 Å². The molecule has 0 aromatic carbocycles. The van der Waals surface area contributed by atoms with Gasteiger partial charge in [0.1, 0.15) is 0 Å². The molecule has 0 amide bonds. The number of rotatable bonds is 7. The van der Waals surface area contributed by atoms with Crippen molar-refractivity contribution in [3.05, 3.63) is 0 Å². The van der Waals surface area contributed by atoms with E-state index >= 15 is 0 Å². The molecule has 0 radical (unpaired) electrons. The summed E-state index contributed by atoms with van der Waals surface area (Å²) in [6, 6.07) is 1.24. The molecule has 1 N–H and O–H groups in total. The van der Waals surface area contributed by atoms with Crippen LogP contribution in [0.25, 0.3) is 0 Å². The summed E-state index contributed by atoms with van der Waals surface area (Å²) in [5.74, 6) is 0.740. The van der Waals surface area contributed by atoms with Gasteiger partial charge in [-0.1, -0.05) is 27.2 Å². The fourth-order valence-electron chi connectivity index (χ4n) is 2.32. The maximum Gasteiger partial charge on any atom is 0.0622 e. The van der Waals surface area contributed by atoms with Gasteiger partial charge in [-0.25, -0.2) is 0 Å². The zero-order valence-electron chi connectivity index (χ0n) is 11.3. The molecular weight excluding hydrogens is 200 g/mol. The van der Waals surface area contributed by atoms with Crippen molar-refractivity contribution in [1.29, 1.82) is 0 Å². The second kappa shape index (κ2) is 7.25. The van der Waals surface area contributed by atoms with Crippen LogP contribution in [0.2, 0.25) is 0 Å². The fraction of sp³-hybridized carbons (Fsp3) is 1.00. The molecule has 1 aliphatic rings. The largest absolute Gasteiger partial charge is 0.380 e. The van der Waals surface area contributed by atoms with E-state index in [0.717, 1.165) is 32.2 Å². The van der Waals surface area contributed by atoms with Crippen molar-refractivity contribution < 1.29 is 4.74 Å². The summed E-state index contributed by atoms with van der Waals surface area (Å²) in [5.41, 5.74) is 0. The molecule has 0 bridgehead atoms. The minimum absolute atomic E-state index is 0.612. The van der Waals surface area contributed by atoms with E-state index in [1.54, 1.807) is 0 Å². The van der Waals surface area contributed by atoms with Crippen molar-refractivity contribution >= 4 is 0 Å². The third-order valence-corrected chi connectivity index (χ3v) is 3.81. The molecule has 16 heavy (non-hydrogen) atoms. The van der Waals surface area contributed by atoms with Crippen molar-refractivity contribution in [3.8, 4) is 0 Å². The van der Waals surface area contributed by atoms with E-state index in [9.17, 15) is 0 Å². The Bertz CT molecular complexity index is 181. The third-order valence-electron chi connectivity index (χ3n) is 3.81. The molecule has 3 atom stereocenters. The average Bonchev–Trinajstić information content (AvgIpc) is 2.80. The molecule has 1 aliphatic heterocycles. The minimum atomic E-state index is 0.612. The number of hydrogen-bond donors (Lipinski definition) is 1. The molecular formula is C13H28N2O. The summed E-state index contributed by atoms with van der Waals surface area (Å²) in [6.45, 7) is 10.8. The van der Waals surface area contributed by atoms with Gasteiger partial charge in [-0.2, -0.15) is 0 Å². The van der Waals surface area contributed by atoms with E-state index < -0.39 is 0 Å². The van der Waals surface area contributed by atoms with Gasteiger partial charge in [0.15, 0.2) is 0 Å². The van der Waals surface area contributed by atoms with E-state index in [4.69, 9.17) is 4.74 Å². The zero-order valence-corrected chi connectivity index (χ0v) is 11.3. The molecule has 96 valence electrons. The van der Waals surface area contributed by atoms with Gasteiger partial charge in [0.2, 0.25) is 0 Å². The first-order valence-corrected chi connectivity index (χ1v) is 6.70. The van der Waals surface area contributed by atoms with E-state index in [-0.39, 0.29) is 0 Å². The first-order chi connectivity index (χ1) is 7.69. The van der Waals surface area contributed by atoms with Crippen molar-refractivity contribution in [3.63, 3.8) is 0 Å². The molecule has 1 fully saturated rings. The molecule has 0 aliphatic carbocycles. The predicted octanol–water partition coefficient (Wildman–Crippen LogP) is 1.73. The van der Waals surface area contributed by atoms with Crippen LogP contribution in [0.1, 0.15) is 33.6 Å². The lowest BCUT2D eigenvalue weighted by atomic mass is 9.98. The van der Waals surface area contributed by atoms with Gasteiger partial charge in [-0.15, -0.1) is 0 Å². The summed E-state index contributed by atoms with van der Waals surface area (Å²) < 4.78 is 5.44. The predicted molar refractivity (Wildman–Crippen MR) is 68.8 cm³/mol. The standard InChI is InChI=1S/C13H28N2O/c1-5-11(3)13(14-6-2)9-15(4)12-7-8-16-10-12/h11-14H,5-10H2,1-4H3.